The van der Waals surface area contributed by atoms with Gasteiger partial charge >= 0.3 is 12.8 Å². The highest BCUT2D eigenvalue weighted by Crippen LogP contribution is 2.35. The molecule has 40 heavy (non-hydrogen) atoms. The second kappa shape index (κ2) is 12.6. The summed E-state index contributed by atoms with van der Waals surface area (Å²) in [6.07, 6.45) is -2.95. The molecule has 0 bridgehead atoms. The van der Waals surface area contributed by atoms with Gasteiger partial charge in [0.15, 0.2) is 12.0 Å². The Bertz CT molecular complexity index is 1540. The van der Waals surface area contributed by atoms with Crippen molar-refractivity contribution in [2.75, 3.05) is 7.05 Å². The van der Waals surface area contributed by atoms with E-state index in [1.165, 1.54) is 25.3 Å². The number of aromatic nitrogens is 2. The molecule has 3 aromatic rings. The van der Waals surface area contributed by atoms with Gasteiger partial charge in [0, 0.05) is 18.7 Å². The summed E-state index contributed by atoms with van der Waals surface area (Å²) < 4.78 is 89.7. The molecule has 9 nitrogen and oxygen atoms in total. The zero-order valence-electron chi connectivity index (χ0n) is 20.2. The van der Waals surface area contributed by atoms with Gasteiger partial charge < -0.3 is 14.9 Å². The Labute approximate surface area is 221 Å². The van der Waals surface area contributed by atoms with Crippen LogP contribution in [0.2, 0.25) is 0 Å². The predicted molar refractivity (Wildman–Crippen MR) is 128 cm³/mol. The molecule has 0 saturated heterocycles. The lowest BCUT2D eigenvalue weighted by molar-refractivity contribution is -0.142. The highest BCUT2D eigenvalue weighted by atomic mass is 19.4. The first-order valence-electron chi connectivity index (χ1n) is 11.0. The summed E-state index contributed by atoms with van der Waals surface area (Å²) >= 11 is 0. The Morgan fingerprint density at radius 2 is 1.88 bits per heavy atom. The third kappa shape index (κ3) is 7.47. The van der Waals surface area contributed by atoms with Gasteiger partial charge in [0.05, 0.1) is 30.2 Å². The number of alkyl halides is 5. The fraction of sp³-hybridized carbons (Fsp3) is 0.160. The van der Waals surface area contributed by atoms with E-state index in [0.29, 0.717) is 22.7 Å². The maximum absolute atomic E-state index is 13.7. The molecule has 1 aromatic heterocycles. The first-order chi connectivity index (χ1) is 18.9. The molecule has 1 heterocycles. The number of nitrogens with zero attached hydrogens (tertiary/aromatic N) is 4. The van der Waals surface area contributed by atoms with Gasteiger partial charge in [0.25, 0.3) is 5.56 Å². The molecule has 0 aliphatic rings. The molecular formula is C25H17F6N5O4. The van der Waals surface area contributed by atoms with Crippen molar-refractivity contribution in [3.8, 4) is 23.3 Å². The van der Waals surface area contributed by atoms with Gasteiger partial charge in [0.2, 0.25) is 5.75 Å². The summed E-state index contributed by atoms with van der Waals surface area (Å²) in [5.74, 6) is -3.06. The highest BCUT2D eigenvalue weighted by Gasteiger charge is 2.39. The SMILES string of the molecule is CN/N=C(\C=C(/C=O)c1ccc(F)cc1)Cn1cnc(C(F)(F)F)c(Oc2cc(C#N)cc(OC(F)F)c2)c1=O. The van der Waals surface area contributed by atoms with Gasteiger partial charge in [-0.1, -0.05) is 12.1 Å². The number of benzene rings is 2. The van der Waals surface area contributed by atoms with E-state index in [0.717, 1.165) is 30.3 Å². The number of halogens is 6. The van der Waals surface area contributed by atoms with Crippen LogP contribution in [0.4, 0.5) is 26.3 Å². The van der Waals surface area contributed by atoms with Crippen LogP contribution in [0.1, 0.15) is 16.8 Å². The lowest BCUT2D eigenvalue weighted by Gasteiger charge is -2.15. The van der Waals surface area contributed by atoms with E-state index in [1.54, 1.807) is 6.07 Å². The number of ether oxygens (including phenoxy) is 2. The normalized spacial score (nSPS) is 12.2. The molecule has 0 aliphatic carbocycles. The summed E-state index contributed by atoms with van der Waals surface area (Å²) in [5.41, 5.74) is -0.668. The van der Waals surface area contributed by atoms with Crippen LogP contribution in [0, 0.1) is 17.1 Å². The Balaban J connectivity index is 2.08. The van der Waals surface area contributed by atoms with Crippen molar-refractivity contribution < 1.29 is 40.6 Å². The maximum atomic E-state index is 13.7. The van der Waals surface area contributed by atoms with Crippen molar-refractivity contribution in [3.05, 3.63) is 87.9 Å². The van der Waals surface area contributed by atoms with Gasteiger partial charge in [-0.05, 0) is 35.9 Å². The van der Waals surface area contributed by atoms with Crippen molar-refractivity contribution in [2.24, 2.45) is 5.10 Å². The molecule has 0 amide bonds. The minimum atomic E-state index is -5.17. The standard InChI is InChI=1S/C25H17F6N5O4/c1-33-35-18(8-16(12-37)15-2-4-17(26)5-3-15)11-36-13-34-22(25(29,30)31)21(23(36)38)39-19-6-14(10-32)7-20(9-19)40-24(27)28/h2-9,12-13,24,33H,11H2,1H3/b16-8+,35-18+. The summed E-state index contributed by atoms with van der Waals surface area (Å²) in [5, 5.41) is 13.1. The molecule has 15 heteroatoms. The third-order valence-corrected chi connectivity index (χ3v) is 4.93. The summed E-state index contributed by atoms with van der Waals surface area (Å²) in [6.45, 7) is -3.83. The number of rotatable bonds is 10. The van der Waals surface area contributed by atoms with Gasteiger partial charge in [-0.3, -0.25) is 14.2 Å². The van der Waals surface area contributed by atoms with Crippen LogP contribution in [-0.4, -0.2) is 35.2 Å². The van der Waals surface area contributed by atoms with Crippen molar-refractivity contribution in [1.82, 2.24) is 15.0 Å². The van der Waals surface area contributed by atoms with E-state index in [1.807, 2.05) is 0 Å². The molecule has 0 spiro atoms. The van der Waals surface area contributed by atoms with E-state index >= 15 is 0 Å². The van der Waals surface area contributed by atoms with Crippen molar-refractivity contribution >= 4 is 17.6 Å². The van der Waals surface area contributed by atoms with Crippen LogP contribution in [-0.2, 0) is 17.5 Å². The number of allylic oxidation sites excluding steroid dienone is 2. The van der Waals surface area contributed by atoms with Crippen LogP contribution in [0.5, 0.6) is 17.2 Å². The summed E-state index contributed by atoms with van der Waals surface area (Å²) in [7, 11) is 1.38. The quantitative estimate of drug-likeness (QED) is 0.126. The van der Waals surface area contributed by atoms with Gasteiger partial charge in [0.1, 0.15) is 17.3 Å². The van der Waals surface area contributed by atoms with E-state index in [2.05, 4.69) is 20.2 Å². The number of nitrogens with one attached hydrogen (secondary N) is 1. The van der Waals surface area contributed by atoms with Crippen LogP contribution < -0.4 is 20.5 Å². The third-order valence-electron chi connectivity index (χ3n) is 4.93. The fourth-order valence-corrected chi connectivity index (χ4v) is 3.30. The van der Waals surface area contributed by atoms with Gasteiger partial charge in [-0.25, -0.2) is 9.37 Å². The average Bonchev–Trinajstić information content (AvgIpc) is 2.89. The molecule has 0 atom stereocenters. The Morgan fingerprint density at radius 3 is 2.45 bits per heavy atom. The van der Waals surface area contributed by atoms with E-state index in [4.69, 9.17) is 10.00 Å². The monoisotopic (exact) mass is 565 g/mol. The molecule has 208 valence electrons. The zero-order chi connectivity index (χ0) is 29.4. The largest absolute Gasteiger partial charge is 0.449 e. The minimum Gasteiger partial charge on any atom is -0.449 e. The van der Waals surface area contributed by atoms with E-state index in [9.17, 15) is 35.9 Å². The van der Waals surface area contributed by atoms with Crippen molar-refractivity contribution in [1.29, 1.82) is 5.26 Å². The van der Waals surface area contributed by atoms with E-state index < -0.39 is 53.7 Å². The number of carbonyl (C=O) groups is 1. The topological polar surface area (TPSA) is 119 Å². The lowest BCUT2D eigenvalue weighted by Crippen LogP contribution is -2.29. The molecule has 0 fully saturated rings. The van der Waals surface area contributed by atoms with Crippen LogP contribution in [0.15, 0.2) is 64.8 Å². The number of carbonyl (C=O) groups excluding carboxylic acids is 1. The smallest absolute Gasteiger partial charge is 0.437 e. The molecule has 0 aliphatic heterocycles. The maximum Gasteiger partial charge on any atom is 0.437 e. The second-order valence-corrected chi connectivity index (χ2v) is 7.69. The Hall–Kier alpha value is -5.13. The molecule has 1 N–H and O–H groups in total. The van der Waals surface area contributed by atoms with Gasteiger partial charge in [-0.15, -0.1) is 0 Å². The van der Waals surface area contributed by atoms with Crippen molar-refractivity contribution in [3.63, 3.8) is 0 Å². The Morgan fingerprint density at radius 1 is 1.20 bits per heavy atom. The second-order valence-electron chi connectivity index (χ2n) is 7.69. The average molecular weight is 565 g/mol. The number of hydrogen-bond acceptors (Lipinski definition) is 8. The molecule has 0 saturated carbocycles. The zero-order valence-corrected chi connectivity index (χ0v) is 20.2. The number of hydrazone groups is 1. The van der Waals surface area contributed by atoms with Crippen molar-refractivity contribution in [2.45, 2.75) is 19.3 Å². The predicted octanol–water partition coefficient (Wildman–Crippen LogP) is 4.52. The molecule has 0 radical (unpaired) electrons. The van der Waals surface area contributed by atoms with Crippen LogP contribution in [0.3, 0.4) is 0 Å². The Kier molecular flexibility index (Phi) is 9.28. The fourth-order valence-electron chi connectivity index (χ4n) is 3.30. The molecule has 3 rings (SSSR count). The lowest BCUT2D eigenvalue weighted by atomic mass is 10.1. The highest BCUT2D eigenvalue weighted by molar-refractivity contribution is 6.15. The molecular weight excluding hydrogens is 548 g/mol. The van der Waals surface area contributed by atoms with Gasteiger partial charge in [-0.2, -0.15) is 32.3 Å². The molecule has 0 unspecified atom stereocenters. The van der Waals surface area contributed by atoms with Crippen LogP contribution in [0.25, 0.3) is 5.57 Å². The van der Waals surface area contributed by atoms with E-state index in [-0.39, 0.29) is 16.8 Å². The number of nitriles is 1. The number of hydrogen-bond donors (Lipinski definition) is 1. The first-order valence-corrected chi connectivity index (χ1v) is 11.0. The summed E-state index contributed by atoms with van der Waals surface area (Å²) in [6, 6.07) is 9.01. The number of aldehydes is 1. The summed E-state index contributed by atoms with van der Waals surface area (Å²) in [4.78, 5) is 28.1. The minimum absolute atomic E-state index is 0.0123. The van der Waals surface area contributed by atoms with Crippen LogP contribution >= 0.6 is 0 Å². The first kappa shape index (κ1) is 29.4. The molecule has 2 aromatic carbocycles.